The minimum atomic E-state index is 0.193. The van der Waals surface area contributed by atoms with Gasteiger partial charge in [0.1, 0.15) is 0 Å². The minimum absolute atomic E-state index is 0.193. The summed E-state index contributed by atoms with van der Waals surface area (Å²) in [5.41, 5.74) is 0.193. The Labute approximate surface area is 96.2 Å². The summed E-state index contributed by atoms with van der Waals surface area (Å²) in [6.45, 7) is 13.4. The molecule has 0 aliphatic heterocycles. The molecule has 0 radical (unpaired) electrons. The number of hydrogen-bond acceptors (Lipinski definition) is 2. The Balaban J connectivity index is 4.06. The quantitative estimate of drug-likeness (QED) is 0.636. The second-order valence-corrected chi connectivity index (χ2v) is 5.57. The molecule has 0 rings (SSSR count). The Bertz CT molecular complexity index is 149. The van der Waals surface area contributed by atoms with Crippen LogP contribution in [-0.2, 0) is 0 Å². The van der Waals surface area contributed by atoms with Crippen molar-refractivity contribution < 1.29 is 0 Å². The number of hydrogen-bond donors (Lipinski definition) is 2. The SMILES string of the molecule is CCCCC(NC(C)CC)NC(C)(C)C. The summed E-state index contributed by atoms with van der Waals surface area (Å²) in [5.74, 6) is 0. The Morgan fingerprint density at radius 1 is 1.13 bits per heavy atom. The zero-order chi connectivity index (χ0) is 11.9. The summed E-state index contributed by atoms with van der Waals surface area (Å²) in [5, 5.41) is 7.29. The molecule has 0 amide bonds. The lowest BCUT2D eigenvalue weighted by Gasteiger charge is -2.31. The fraction of sp³-hybridized carbons (Fsp3) is 1.00. The summed E-state index contributed by atoms with van der Waals surface area (Å²) in [4.78, 5) is 0. The van der Waals surface area contributed by atoms with Crippen molar-refractivity contribution in [1.29, 1.82) is 0 Å². The monoisotopic (exact) mass is 214 g/mol. The highest BCUT2D eigenvalue weighted by molar-refractivity contribution is 4.78. The van der Waals surface area contributed by atoms with Crippen molar-refractivity contribution in [1.82, 2.24) is 10.6 Å². The van der Waals surface area contributed by atoms with Gasteiger partial charge in [0.15, 0.2) is 0 Å². The first-order valence-corrected chi connectivity index (χ1v) is 6.42. The lowest BCUT2D eigenvalue weighted by atomic mass is 10.1. The molecule has 0 aromatic carbocycles. The first-order valence-electron chi connectivity index (χ1n) is 6.42. The van der Waals surface area contributed by atoms with Gasteiger partial charge >= 0.3 is 0 Å². The maximum atomic E-state index is 3.65. The van der Waals surface area contributed by atoms with Crippen LogP contribution in [0, 0.1) is 0 Å². The molecule has 0 aliphatic carbocycles. The van der Waals surface area contributed by atoms with E-state index in [1.54, 1.807) is 0 Å². The van der Waals surface area contributed by atoms with E-state index in [9.17, 15) is 0 Å². The van der Waals surface area contributed by atoms with Gasteiger partial charge in [-0.1, -0.05) is 26.7 Å². The predicted molar refractivity (Wildman–Crippen MR) is 69.1 cm³/mol. The van der Waals surface area contributed by atoms with Crippen LogP contribution in [0.1, 0.15) is 67.2 Å². The fourth-order valence-electron chi connectivity index (χ4n) is 1.59. The van der Waals surface area contributed by atoms with Crippen molar-refractivity contribution in [2.24, 2.45) is 0 Å². The predicted octanol–water partition coefficient (Wildman–Crippen LogP) is 3.28. The van der Waals surface area contributed by atoms with Crippen molar-refractivity contribution in [3.63, 3.8) is 0 Å². The van der Waals surface area contributed by atoms with Gasteiger partial charge in [0.2, 0.25) is 0 Å². The Hall–Kier alpha value is -0.0800. The van der Waals surface area contributed by atoms with Crippen LogP contribution in [0.5, 0.6) is 0 Å². The molecule has 2 atom stereocenters. The molecular weight excluding hydrogens is 184 g/mol. The van der Waals surface area contributed by atoms with Gasteiger partial charge < -0.3 is 0 Å². The van der Waals surface area contributed by atoms with Crippen LogP contribution in [0.25, 0.3) is 0 Å². The van der Waals surface area contributed by atoms with E-state index in [0.29, 0.717) is 12.2 Å². The van der Waals surface area contributed by atoms with Gasteiger partial charge in [-0.15, -0.1) is 0 Å². The summed E-state index contributed by atoms with van der Waals surface area (Å²) in [6, 6.07) is 0.599. The number of unbranched alkanes of at least 4 members (excludes halogenated alkanes) is 1. The number of rotatable bonds is 7. The van der Waals surface area contributed by atoms with E-state index in [0.717, 1.165) is 0 Å². The third-order valence-corrected chi connectivity index (χ3v) is 2.55. The molecule has 2 heteroatoms. The molecule has 0 aliphatic rings. The molecule has 0 bridgehead atoms. The van der Waals surface area contributed by atoms with Gasteiger partial charge in [-0.3, -0.25) is 10.6 Å². The van der Waals surface area contributed by atoms with Gasteiger partial charge in [0.25, 0.3) is 0 Å². The van der Waals surface area contributed by atoms with Crippen LogP contribution in [0.15, 0.2) is 0 Å². The molecular formula is C13H30N2. The standard InChI is InChI=1S/C13H30N2/c1-7-9-10-12(14-11(3)8-2)15-13(4,5)6/h11-12,14-15H,7-10H2,1-6H3. The summed E-state index contributed by atoms with van der Waals surface area (Å²) in [7, 11) is 0. The van der Waals surface area contributed by atoms with Crippen LogP contribution in [0.2, 0.25) is 0 Å². The molecule has 0 fully saturated rings. The van der Waals surface area contributed by atoms with E-state index in [1.165, 1.54) is 25.7 Å². The minimum Gasteiger partial charge on any atom is -0.299 e. The van der Waals surface area contributed by atoms with Crippen molar-refractivity contribution in [3.8, 4) is 0 Å². The molecule has 92 valence electrons. The molecule has 0 saturated carbocycles. The molecule has 15 heavy (non-hydrogen) atoms. The molecule has 2 unspecified atom stereocenters. The summed E-state index contributed by atoms with van der Waals surface area (Å²) < 4.78 is 0. The molecule has 2 nitrogen and oxygen atoms in total. The largest absolute Gasteiger partial charge is 0.299 e. The van der Waals surface area contributed by atoms with E-state index >= 15 is 0 Å². The normalized spacial score (nSPS) is 16.4. The van der Waals surface area contributed by atoms with E-state index in [4.69, 9.17) is 0 Å². The Morgan fingerprint density at radius 3 is 2.13 bits per heavy atom. The zero-order valence-electron chi connectivity index (χ0n) is 11.5. The second-order valence-electron chi connectivity index (χ2n) is 5.57. The third kappa shape index (κ3) is 8.88. The van der Waals surface area contributed by atoms with Crippen LogP contribution in [0.3, 0.4) is 0 Å². The average Bonchev–Trinajstić information content (AvgIpc) is 2.11. The first-order chi connectivity index (χ1) is 6.89. The highest BCUT2D eigenvalue weighted by Crippen LogP contribution is 2.06. The fourth-order valence-corrected chi connectivity index (χ4v) is 1.59. The topological polar surface area (TPSA) is 24.1 Å². The van der Waals surface area contributed by atoms with Gasteiger partial charge in [0, 0.05) is 11.6 Å². The van der Waals surface area contributed by atoms with E-state index in [1.807, 2.05) is 0 Å². The van der Waals surface area contributed by atoms with Crippen molar-refractivity contribution in [2.75, 3.05) is 0 Å². The van der Waals surface area contributed by atoms with E-state index < -0.39 is 0 Å². The highest BCUT2D eigenvalue weighted by atomic mass is 15.2. The lowest BCUT2D eigenvalue weighted by molar-refractivity contribution is 0.278. The van der Waals surface area contributed by atoms with Gasteiger partial charge in [-0.05, 0) is 40.5 Å². The molecule has 0 spiro atoms. The van der Waals surface area contributed by atoms with Gasteiger partial charge in [0.05, 0.1) is 6.17 Å². The Kier molecular flexibility index (Phi) is 7.20. The van der Waals surface area contributed by atoms with E-state index in [2.05, 4.69) is 52.2 Å². The Morgan fingerprint density at radius 2 is 1.73 bits per heavy atom. The van der Waals surface area contributed by atoms with Crippen molar-refractivity contribution >= 4 is 0 Å². The molecule has 0 aromatic heterocycles. The molecule has 0 aromatic rings. The summed E-state index contributed by atoms with van der Waals surface area (Å²) in [6.07, 6.45) is 5.42. The maximum Gasteiger partial charge on any atom is 0.0577 e. The van der Waals surface area contributed by atoms with E-state index in [-0.39, 0.29) is 5.54 Å². The van der Waals surface area contributed by atoms with Crippen LogP contribution in [0.4, 0.5) is 0 Å². The molecule has 0 saturated heterocycles. The van der Waals surface area contributed by atoms with Crippen LogP contribution in [-0.4, -0.2) is 17.7 Å². The van der Waals surface area contributed by atoms with Crippen molar-refractivity contribution in [3.05, 3.63) is 0 Å². The highest BCUT2D eigenvalue weighted by Gasteiger charge is 2.17. The second kappa shape index (κ2) is 7.24. The van der Waals surface area contributed by atoms with Gasteiger partial charge in [-0.25, -0.2) is 0 Å². The lowest BCUT2D eigenvalue weighted by Crippen LogP contribution is -2.53. The van der Waals surface area contributed by atoms with Crippen LogP contribution < -0.4 is 10.6 Å². The van der Waals surface area contributed by atoms with Crippen LogP contribution >= 0.6 is 0 Å². The smallest absolute Gasteiger partial charge is 0.0577 e. The number of nitrogens with one attached hydrogen (secondary N) is 2. The average molecular weight is 214 g/mol. The summed E-state index contributed by atoms with van der Waals surface area (Å²) >= 11 is 0. The van der Waals surface area contributed by atoms with Gasteiger partial charge in [-0.2, -0.15) is 0 Å². The maximum absolute atomic E-state index is 3.65. The molecule has 0 heterocycles. The molecule has 2 N–H and O–H groups in total. The first kappa shape index (κ1) is 14.9. The zero-order valence-corrected chi connectivity index (χ0v) is 11.5. The van der Waals surface area contributed by atoms with Crippen molar-refractivity contribution in [2.45, 2.75) is 85.0 Å². The third-order valence-electron chi connectivity index (χ3n) is 2.55.